The van der Waals surface area contributed by atoms with Crippen LogP contribution in [0.15, 0.2) is 72.8 Å². The van der Waals surface area contributed by atoms with E-state index in [4.69, 9.17) is 0 Å². The quantitative estimate of drug-likeness (QED) is 0.215. The zero-order valence-electron chi connectivity index (χ0n) is 23.6. The van der Waals surface area contributed by atoms with Crippen LogP contribution in [0, 0.1) is 13.8 Å². The van der Waals surface area contributed by atoms with E-state index in [1.54, 1.807) is 0 Å². The fourth-order valence-corrected chi connectivity index (χ4v) is 5.36. The summed E-state index contributed by atoms with van der Waals surface area (Å²) in [5, 5.41) is 6.07. The molecule has 1 aliphatic heterocycles. The van der Waals surface area contributed by atoms with Gasteiger partial charge in [-0.25, -0.2) is 0 Å². The highest BCUT2D eigenvalue weighted by atomic mass is 16.2. The first-order valence-electron chi connectivity index (χ1n) is 13.9. The van der Waals surface area contributed by atoms with E-state index in [0.29, 0.717) is 17.7 Å². The molecule has 0 spiro atoms. The minimum atomic E-state index is -0.150. The standard InChI is InChI=1S/C34H36N4O2/c1-5-38(6-2)19-18-35-34(40)32-22(3)30(36-23(32)4)21-29-28-17-16-27(20-31(28)37-33(29)39)26-14-12-25(13-15-26)24-10-8-7-9-11-24/h7-17,20-21,36H,5-6,18-19H2,1-4H3,(H,35,40)(H,37,39)/b29-21-. The predicted molar refractivity (Wildman–Crippen MR) is 164 cm³/mol. The molecule has 2 amide bonds. The van der Waals surface area contributed by atoms with Crippen molar-refractivity contribution < 1.29 is 9.59 Å². The molecule has 0 saturated carbocycles. The topological polar surface area (TPSA) is 77.2 Å². The van der Waals surface area contributed by atoms with Crippen LogP contribution in [-0.2, 0) is 4.79 Å². The van der Waals surface area contributed by atoms with Gasteiger partial charge in [0.25, 0.3) is 11.8 Å². The van der Waals surface area contributed by atoms with Crippen LogP contribution >= 0.6 is 0 Å². The molecule has 0 unspecified atom stereocenters. The molecule has 0 bridgehead atoms. The Balaban J connectivity index is 1.36. The van der Waals surface area contributed by atoms with E-state index < -0.39 is 0 Å². The number of hydrogen-bond donors (Lipinski definition) is 3. The molecule has 3 N–H and O–H groups in total. The number of likely N-dealkylation sites (N-methyl/N-ethyl adjacent to an activating group) is 1. The van der Waals surface area contributed by atoms with Crippen molar-refractivity contribution >= 4 is 29.2 Å². The molecule has 0 fully saturated rings. The highest BCUT2D eigenvalue weighted by Gasteiger charge is 2.26. The van der Waals surface area contributed by atoms with E-state index in [9.17, 15) is 9.59 Å². The number of aromatic nitrogens is 1. The smallest absolute Gasteiger partial charge is 0.256 e. The van der Waals surface area contributed by atoms with Gasteiger partial charge in [-0.1, -0.05) is 80.6 Å². The second kappa shape index (κ2) is 11.8. The molecular weight excluding hydrogens is 496 g/mol. The summed E-state index contributed by atoms with van der Waals surface area (Å²) in [6, 6.07) is 24.8. The third-order valence-corrected chi connectivity index (χ3v) is 7.73. The summed E-state index contributed by atoms with van der Waals surface area (Å²) in [7, 11) is 0. The number of carbonyl (C=O) groups excluding carboxylic acids is 2. The van der Waals surface area contributed by atoms with Crippen molar-refractivity contribution in [3.05, 3.63) is 101 Å². The number of H-pyrrole nitrogens is 1. The fraction of sp³-hybridized carbons (Fsp3) is 0.235. The number of amides is 2. The SMILES string of the molecule is CCN(CC)CCNC(=O)c1c(C)[nH]c(/C=C2\C(=O)Nc3cc(-c4ccc(-c5ccccc5)cc4)ccc32)c1C. The molecular formula is C34H36N4O2. The Hall–Kier alpha value is -4.42. The molecule has 5 rings (SSSR count). The lowest BCUT2D eigenvalue weighted by atomic mass is 9.97. The molecule has 0 saturated heterocycles. The third-order valence-electron chi connectivity index (χ3n) is 7.73. The zero-order valence-corrected chi connectivity index (χ0v) is 23.6. The summed E-state index contributed by atoms with van der Waals surface area (Å²) >= 11 is 0. The molecule has 4 aromatic rings. The minimum Gasteiger partial charge on any atom is -0.358 e. The molecule has 204 valence electrons. The Morgan fingerprint density at radius 2 is 1.50 bits per heavy atom. The van der Waals surface area contributed by atoms with Crippen LogP contribution in [0.4, 0.5) is 5.69 Å². The number of aryl methyl sites for hydroxylation is 1. The van der Waals surface area contributed by atoms with Gasteiger partial charge in [0.2, 0.25) is 0 Å². The molecule has 6 heteroatoms. The summed E-state index contributed by atoms with van der Waals surface area (Å²) in [6.45, 7) is 11.4. The number of nitrogens with one attached hydrogen (secondary N) is 3. The summed E-state index contributed by atoms with van der Waals surface area (Å²) in [5.41, 5.74) is 9.72. The van der Waals surface area contributed by atoms with Crippen LogP contribution in [-0.4, -0.2) is 47.9 Å². The molecule has 6 nitrogen and oxygen atoms in total. The Kier molecular flexibility index (Phi) is 7.99. The van der Waals surface area contributed by atoms with E-state index in [1.165, 1.54) is 5.56 Å². The normalized spacial score (nSPS) is 13.5. The van der Waals surface area contributed by atoms with Gasteiger partial charge >= 0.3 is 0 Å². The molecule has 0 atom stereocenters. The highest BCUT2D eigenvalue weighted by Crippen LogP contribution is 2.37. The minimum absolute atomic E-state index is 0.0951. The van der Waals surface area contributed by atoms with Crippen molar-refractivity contribution in [2.45, 2.75) is 27.7 Å². The zero-order chi connectivity index (χ0) is 28.2. The maximum absolute atomic E-state index is 13.0. The highest BCUT2D eigenvalue weighted by molar-refractivity contribution is 6.35. The molecule has 1 aromatic heterocycles. The van der Waals surface area contributed by atoms with Gasteiger partial charge in [0.05, 0.1) is 11.1 Å². The Morgan fingerprint density at radius 1 is 0.875 bits per heavy atom. The first-order valence-corrected chi connectivity index (χ1v) is 13.9. The monoisotopic (exact) mass is 532 g/mol. The van der Waals surface area contributed by atoms with Gasteiger partial charge in [0.1, 0.15) is 0 Å². The second-order valence-corrected chi connectivity index (χ2v) is 10.2. The van der Waals surface area contributed by atoms with E-state index in [0.717, 1.165) is 64.5 Å². The van der Waals surface area contributed by atoms with Crippen molar-refractivity contribution in [1.29, 1.82) is 0 Å². The Bertz CT molecular complexity index is 1560. The molecule has 2 heterocycles. The van der Waals surface area contributed by atoms with E-state index in [1.807, 2.05) is 56.3 Å². The summed E-state index contributed by atoms with van der Waals surface area (Å²) in [5.74, 6) is -0.245. The maximum Gasteiger partial charge on any atom is 0.256 e. The number of anilines is 1. The molecule has 0 radical (unpaired) electrons. The van der Waals surface area contributed by atoms with Crippen molar-refractivity contribution in [3.63, 3.8) is 0 Å². The Morgan fingerprint density at radius 3 is 2.17 bits per heavy atom. The van der Waals surface area contributed by atoms with Gasteiger partial charge in [-0.3, -0.25) is 9.59 Å². The second-order valence-electron chi connectivity index (χ2n) is 10.2. The van der Waals surface area contributed by atoms with Crippen molar-refractivity contribution in [2.75, 3.05) is 31.5 Å². The van der Waals surface area contributed by atoms with Crippen LogP contribution in [0.1, 0.15) is 46.7 Å². The largest absolute Gasteiger partial charge is 0.358 e. The van der Waals surface area contributed by atoms with Crippen LogP contribution in [0.3, 0.4) is 0 Å². The fourth-order valence-electron chi connectivity index (χ4n) is 5.36. The average Bonchev–Trinajstić information content (AvgIpc) is 3.44. The van der Waals surface area contributed by atoms with Crippen LogP contribution in [0.5, 0.6) is 0 Å². The Labute approximate surface area is 236 Å². The first-order chi connectivity index (χ1) is 19.4. The van der Waals surface area contributed by atoms with Crippen molar-refractivity contribution in [3.8, 4) is 22.3 Å². The van der Waals surface area contributed by atoms with Crippen molar-refractivity contribution in [1.82, 2.24) is 15.2 Å². The van der Waals surface area contributed by atoms with Crippen molar-refractivity contribution in [2.24, 2.45) is 0 Å². The van der Waals surface area contributed by atoms with E-state index >= 15 is 0 Å². The van der Waals surface area contributed by atoms with Gasteiger partial charge in [0, 0.05) is 35.7 Å². The first kappa shape index (κ1) is 27.2. The molecule has 0 aliphatic carbocycles. The van der Waals surface area contributed by atoms with Gasteiger partial charge in [-0.15, -0.1) is 0 Å². The molecule has 40 heavy (non-hydrogen) atoms. The van der Waals surface area contributed by atoms with Gasteiger partial charge in [-0.05, 0) is 66.9 Å². The number of rotatable bonds is 9. The number of benzene rings is 3. The summed E-state index contributed by atoms with van der Waals surface area (Å²) < 4.78 is 0. The molecule has 1 aliphatic rings. The maximum atomic E-state index is 13.0. The average molecular weight is 533 g/mol. The molecule has 3 aromatic carbocycles. The van der Waals surface area contributed by atoms with Crippen LogP contribution < -0.4 is 10.6 Å². The number of fused-ring (bicyclic) bond motifs is 1. The van der Waals surface area contributed by atoms with Gasteiger partial charge in [0.15, 0.2) is 0 Å². The predicted octanol–water partition coefficient (Wildman–Crippen LogP) is 6.53. The lowest BCUT2D eigenvalue weighted by Crippen LogP contribution is -2.35. The van der Waals surface area contributed by atoms with E-state index in [-0.39, 0.29) is 11.8 Å². The van der Waals surface area contributed by atoms with Gasteiger partial charge in [-0.2, -0.15) is 0 Å². The number of aromatic amines is 1. The van der Waals surface area contributed by atoms with Crippen LogP contribution in [0.2, 0.25) is 0 Å². The van der Waals surface area contributed by atoms with Crippen LogP contribution in [0.25, 0.3) is 33.9 Å². The summed E-state index contributed by atoms with van der Waals surface area (Å²) in [6.07, 6.45) is 1.85. The number of nitrogens with zero attached hydrogens (tertiary/aromatic N) is 1. The third kappa shape index (κ3) is 5.49. The lowest BCUT2D eigenvalue weighted by Gasteiger charge is -2.18. The number of hydrogen-bond acceptors (Lipinski definition) is 3. The van der Waals surface area contributed by atoms with Gasteiger partial charge < -0.3 is 20.5 Å². The van der Waals surface area contributed by atoms with E-state index in [2.05, 4.69) is 70.8 Å². The number of carbonyl (C=O) groups is 2. The lowest BCUT2D eigenvalue weighted by molar-refractivity contribution is -0.110. The summed E-state index contributed by atoms with van der Waals surface area (Å²) in [4.78, 5) is 31.6.